The van der Waals surface area contributed by atoms with Crippen LogP contribution in [0.5, 0.6) is 0 Å². The standard InChI is InChI=1S/C21H23F3N4O2S/c1-14-13-31-20(25-14)27-7-5-26(6-8-27)19(30)16-10-18(29)28(12-16)11-15-3-2-4-17(9-15)21(22,23)24/h2-4,9,13,16H,5-8,10-12H2,1H3. The predicted octanol–water partition coefficient (Wildman–Crippen LogP) is 3.17. The Balaban J connectivity index is 1.33. The van der Waals surface area contributed by atoms with Crippen molar-refractivity contribution in [3.63, 3.8) is 0 Å². The molecule has 31 heavy (non-hydrogen) atoms. The fourth-order valence-electron chi connectivity index (χ4n) is 4.02. The maximum Gasteiger partial charge on any atom is 0.416 e. The van der Waals surface area contributed by atoms with Crippen LogP contribution in [-0.2, 0) is 22.3 Å². The molecule has 2 saturated heterocycles. The number of hydrogen-bond donors (Lipinski definition) is 0. The number of carbonyl (C=O) groups excluding carboxylic acids is 2. The molecule has 2 fully saturated rings. The largest absolute Gasteiger partial charge is 0.416 e. The smallest absolute Gasteiger partial charge is 0.345 e. The van der Waals surface area contributed by atoms with Gasteiger partial charge in [0, 0.05) is 51.1 Å². The van der Waals surface area contributed by atoms with E-state index in [-0.39, 0.29) is 31.3 Å². The molecule has 1 aromatic heterocycles. The molecule has 2 amide bonds. The molecule has 0 spiro atoms. The third kappa shape index (κ3) is 4.84. The number of anilines is 1. The number of hydrogen-bond acceptors (Lipinski definition) is 5. The maximum atomic E-state index is 12.9. The van der Waals surface area contributed by atoms with Gasteiger partial charge in [-0.05, 0) is 24.6 Å². The predicted molar refractivity (Wildman–Crippen MR) is 111 cm³/mol. The number of benzene rings is 1. The number of rotatable bonds is 4. The molecule has 2 aliphatic rings. The zero-order valence-electron chi connectivity index (χ0n) is 17.1. The Morgan fingerprint density at radius 1 is 1.23 bits per heavy atom. The van der Waals surface area contributed by atoms with Crippen LogP contribution in [0.4, 0.5) is 18.3 Å². The van der Waals surface area contributed by atoms with E-state index in [1.54, 1.807) is 22.3 Å². The highest BCUT2D eigenvalue weighted by Gasteiger charge is 2.38. The van der Waals surface area contributed by atoms with Crippen LogP contribution in [0.15, 0.2) is 29.6 Å². The van der Waals surface area contributed by atoms with Crippen LogP contribution < -0.4 is 4.90 Å². The second kappa shape index (κ2) is 8.49. The van der Waals surface area contributed by atoms with Gasteiger partial charge >= 0.3 is 6.18 Å². The van der Waals surface area contributed by atoms with Crippen molar-refractivity contribution in [2.24, 2.45) is 5.92 Å². The first-order valence-electron chi connectivity index (χ1n) is 10.1. The number of thiazole rings is 1. The van der Waals surface area contributed by atoms with Crippen LogP contribution in [-0.4, -0.2) is 59.3 Å². The zero-order chi connectivity index (χ0) is 22.2. The van der Waals surface area contributed by atoms with Gasteiger partial charge in [0.05, 0.1) is 17.2 Å². The van der Waals surface area contributed by atoms with Gasteiger partial charge in [-0.25, -0.2) is 4.98 Å². The number of amides is 2. The fourth-order valence-corrected chi connectivity index (χ4v) is 4.88. The number of aryl methyl sites for hydroxylation is 1. The normalized spacial score (nSPS) is 19.9. The summed E-state index contributed by atoms with van der Waals surface area (Å²) >= 11 is 1.58. The fraction of sp³-hybridized carbons (Fsp3) is 0.476. The topological polar surface area (TPSA) is 56.8 Å². The van der Waals surface area contributed by atoms with Gasteiger partial charge < -0.3 is 14.7 Å². The lowest BCUT2D eigenvalue weighted by Gasteiger charge is -2.35. The van der Waals surface area contributed by atoms with Crippen molar-refractivity contribution in [2.75, 3.05) is 37.6 Å². The molecule has 1 unspecified atom stereocenters. The number of carbonyl (C=O) groups is 2. The van der Waals surface area contributed by atoms with E-state index in [1.807, 2.05) is 12.3 Å². The summed E-state index contributed by atoms with van der Waals surface area (Å²) in [4.78, 5) is 35.3. The van der Waals surface area contributed by atoms with Crippen LogP contribution in [0.1, 0.15) is 23.2 Å². The Hall–Kier alpha value is -2.62. The van der Waals surface area contributed by atoms with Crippen molar-refractivity contribution in [2.45, 2.75) is 26.1 Å². The second-order valence-corrected chi connectivity index (χ2v) is 8.79. The van der Waals surface area contributed by atoms with Crippen molar-refractivity contribution >= 4 is 28.3 Å². The molecule has 1 aromatic carbocycles. The van der Waals surface area contributed by atoms with Gasteiger partial charge in [-0.2, -0.15) is 13.2 Å². The summed E-state index contributed by atoms with van der Waals surface area (Å²) in [5, 5.41) is 2.95. The first kappa shape index (κ1) is 21.6. The first-order valence-corrected chi connectivity index (χ1v) is 11.0. The quantitative estimate of drug-likeness (QED) is 0.715. The monoisotopic (exact) mass is 452 g/mol. The Morgan fingerprint density at radius 2 is 1.97 bits per heavy atom. The molecule has 0 bridgehead atoms. The molecule has 2 aromatic rings. The highest BCUT2D eigenvalue weighted by atomic mass is 32.1. The molecule has 0 radical (unpaired) electrons. The van der Waals surface area contributed by atoms with Gasteiger partial charge in [0.15, 0.2) is 5.13 Å². The highest BCUT2D eigenvalue weighted by molar-refractivity contribution is 7.13. The summed E-state index contributed by atoms with van der Waals surface area (Å²) < 4.78 is 38.8. The summed E-state index contributed by atoms with van der Waals surface area (Å²) in [6.07, 6.45) is -4.33. The van der Waals surface area contributed by atoms with Crippen molar-refractivity contribution in [3.8, 4) is 0 Å². The molecule has 10 heteroatoms. The lowest BCUT2D eigenvalue weighted by molar-refractivity contribution is -0.137. The van der Waals surface area contributed by atoms with E-state index in [4.69, 9.17) is 0 Å². The average Bonchev–Trinajstić information content (AvgIpc) is 3.33. The van der Waals surface area contributed by atoms with Crippen LogP contribution in [0.3, 0.4) is 0 Å². The molecule has 0 saturated carbocycles. The molecule has 1 atom stereocenters. The number of likely N-dealkylation sites (tertiary alicyclic amines) is 1. The van der Waals surface area contributed by atoms with Crippen LogP contribution >= 0.6 is 11.3 Å². The number of nitrogens with zero attached hydrogens (tertiary/aromatic N) is 4. The molecule has 0 aliphatic carbocycles. The minimum atomic E-state index is -4.43. The third-order valence-electron chi connectivity index (χ3n) is 5.66. The average molecular weight is 453 g/mol. The second-order valence-electron chi connectivity index (χ2n) is 7.96. The third-order valence-corrected chi connectivity index (χ3v) is 6.68. The van der Waals surface area contributed by atoms with Gasteiger partial charge in [0.25, 0.3) is 0 Å². The maximum absolute atomic E-state index is 12.9. The van der Waals surface area contributed by atoms with E-state index in [1.165, 1.54) is 11.0 Å². The Labute approximate surface area is 182 Å². The molecular formula is C21H23F3N4O2S. The summed E-state index contributed by atoms with van der Waals surface area (Å²) in [5.74, 6) is -0.713. The van der Waals surface area contributed by atoms with Crippen molar-refractivity contribution in [3.05, 3.63) is 46.5 Å². The number of halogens is 3. The first-order chi connectivity index (χ1) is 14.7. The van der Waals surface area contributed by atoms with E-state index < -0.39 is 17.7 Å². The summed E-state index contributed by atoms with van der Waals surface area (Å²) in [6.45, 7) is 4.76. The highest BCUT2D eigenvalue weighted by Crippen LogP contribution is 2.30. The van der Waals surface area contributed by atoms with Crippen LogP contribution in [0, 0.1) is 12.8 Å². The minimum Gasteiger partial charge on any atom is -0.345 e. The number of aromatic nitrogens is 1. The van der Waals surface area contributed by atoms with Gasteiger partial charge in [0.1, 0.15) is 0 Å². The van der Waals surface area contributed by atoms with Crippen LogP contribution in [0.2, 0.25) is 0 Å². The van der Waals surface area contributed by atoms with Crippen molar-refractivity contribution in [1.29, 1.82) is 0 Å². The van der Waals surface area contributed by atoms with E-state index >= 15 is 0 Å². The molecule has 6 nitrogen and oxygen atoms in total. The van der Waals surface area contributed by atoms with E-state index in [0.717, 1.165) is 23.0 Å². The Morgan fingerprint density at radius 3 is 2.61 bits per heavy atom. The SMILES string of the molecule is Cc1csc(N2CCN(C(=O)C3CC(=O)N(Cc4cccc(C(F)(F)F)c4)C3)CC2)n1. The lowest BCUT2D eigenvalue weighted by atomic mass is 10.1. The van der Waals surface area contributed by atoms with Gasteiger partial charge in [-0.1, -0.05) is 12.1 Å². The molecular weight excluding hydrogens is 429 g/mol. The Kier molecular flexibility index (Phi) is 5.92. The van der Waals surface area contributed by atoms with E-state index in [9.17, 15) is 22.8 Å². The number of piperazine rings is 1. The molecule has 3 heterocycles. The van der Waals surface area contributed by atoms with Crippen molar-refractivity contribution < 1.29 is 22.8 Å². The minimum absolute atomic E-state index is 0.0603. The molecule has 0 N–H and O–H groups in total. The molecule has 4 rings (SSSR count). The van der Waals surface area contributed by atoms with Gasteiger partial charge in [0.2, 0.25) is 11.8 Å². The Bertz CT molecular complexity index is 970. The zero-order valence-corrected chi connectivity index (χ0v) is 17.9. The number of alkyl halides is 3. The molecule has 166 valence electrons. The van der Waals surface area contributed by atoms with Gasteiger partial charge in [-0.15, -0.1) is 11.3 Å². The van der Waals surface area contributed by atoms with Crippen LogP contribution in [0.25, 0.3) is 0 Å². The summed E-state index contributed by atoms with van der Waals surface area (Å²) in [5.41, 5.74) is 0.644. The molecule has 2 aliphatic heterocycles. The summed E-state index contributed by atoms with van der Waals surface area (Å²) in [7, 11) is 0. The summed E-state index contributed by atoms with van der Waals surface area (Å²) in [6, 6.07) is 4.97. The van der Waals surface area contributed by atoms with Crippen molar-refractivity contribution in [1.82, 2.24) is 14.8 Å². The van der Waals surface area contributed by atoms with E-state index in [0.29, 0.717) is 31.7 Å². The van der Waals surface area contributed by atoms with Gasteiger partial charge in [-0.3, -0.25) is 9.59 Å². The van der Waals surface area contributed by atoms with E-state index in [2.05, 4.69) is 9.88 Å². The lowest BCUT2D eigenvalue weighted by Crippen LogP contribution is -2.50.